The Kier molecular flexibility index (Phi) is 5.18. The van der Waals surface area contributed by atoms with E-state index in [1.54, 1.807) is 23.7 Å². The van der Waals surface area contributed by atoms with E-state index < -0.39 is 0 Å². The third-order valence-electron chi connectivity index (χ3n) is 5.18. The third-order valence-corrected chi connectivity index (χ3v) is 6.17. The van der Waals surface area contributed by atoms with Crippen molar-refractivity contribution in [2.75, 3.05) is 18.0 Å². The molecule has 0 aliphatic carbocycles. The number of rotatable bonds is 5. The van der Waals surface area contributed by atoms with Crippen LogP contribution in [0.3, 0.4) is 0 Å². The lowest BCUT2D eigenvalue weighted by atomic mass is 10.0. The van der Waals surface area contributed by atoms with Crippen molar-refractivity contribution in [1.29, 1.82) is 0 Å². The van der Waals surface area contributed by atoms with Gasteiger partial charge in [-0.15, -0.1) is 11.3 Å². The molecule has 0 aromatic carbocycles. The van der Waals surface area contributed by atoms with Gasteiger partial charge in [-0.2, -0.15) is 0 Å². The molecule has 0 radical (unpaired) electrons. The van der Waals surface area contributed by atoms with Gasteiger partial charge in [0.15, 0.2) is 5.78 Å². The Morgan fingerprint density at radius 3 is 3.04 bits per heavy atom. The van der Waals surface area contributed by atoms with Gasteiger partial charge in [-0.1, -0.05) is 6.92 Å². The van der Waals surface area contributed by atoms with Gasteiger partial charge in [-0.05, 0) is 48.4 Å². The van der Waals surface area contributed by atoms with Crippen molar-refractivity contribution in [2.45, 2.75) is 38.6 Å². The number of aryl methyl sites for hydroxylation is 1. The molecule has 27 heavy (non-hydrogen) atoms. The normalized spacial score (nSPS) is 17.4. The van der Waals surface area contributed by atoms with Crippen molar-refractivity contribution < 1.29 is 4.79 Å². The predicted octanol–water partition coefficient (Wildman–Crippen LogP) is 3.61. The van der Waals surface area contributed by atoms with Gasteiger partial charge in [-0.25, -0.2) is 4.98 Å². The van der Waals surface area contributed by atoms with Crippen LogP contribution in [0.1, 0.15) is 41.4 Å². The van der Waals surface area contributed by atoms with Crippen LogP contribution in [-0.2, 0) is 12.8 Å². The maximum absolute atomic E-state index is 12.9. The van der Waals surface area contributed by atoms with E-state index in [0.717, 1.165) is 53.8 Å². The van der Waals surface area contributed by atoms with E-state index >= 15 is 0 Å². The van der Waals surface area contributed by atoms with Crippen LogP contribution < -0.4 is 10.6 Å². The molecule has 1 fully saturated rings. The highest BCUT2D eigenvalue weighted by molar-refractivity contribution is 7.17. The number of carbonyl (C=O) groups excluding carboxylic acids is 1. The second-order valence-electron chi connectivity index (χ2n) is 7.11. The number of fused-ring (bicyclic) bond motifs is 1. The number of nitrogens with zero attached hydrogens (tertiary/aromatic N) is 3. The van der Waals surface area contributed by atoms with Crippen LogP contribution in [0, 0.1) is 0 Å². The molecule has 1 aliphatic heterocycles. The van der Waals surface area contributed by atoms with Crippen LogP contribution in [0.25, 0.3) is 10.2 Å². The molecular weight excluding hydrogens is 356 g/mol. The van der Waals surface area contributed by atoms with Crippen molar-refractivity contribution in [3.05, 3.63) is 52.8 Å². The molecule has 0 amide bonds. The molecule has 6 heteroatoms. The first kappa shape index (κ1) is 18.1. The lowest BCUT2D eigenvalue weighted by Crippen LogP contribution is -2.43. The summed E-state index contributed by atoms with van der Waals surface area (Å²) in [5.74, 6) is 0.0284. The summed E-state index contributed by atoms with van der Waals surface area (Å²) in [6.07, 6.45) is 6.94. The Balaban J connectivity index is 1.60. The molecule has 0 spiro atoms. The quantitative estimate of drug-likeness (QED) is 0.685. The maximum Gasteiger partial charge on any atom is 0.185 e. The second kappa shape index (κ2) is 7.74. The SMILES string of the molecule is CCc1csc2ccc(C(=O)Cc3cnccc3N3CCC[C@H](N)C3)nc12. The molecule has 4 heterocycles. The fourth-order valence-corrected chi connectivity index (χ4v) is 4.71. The van der Waals surface area contributed by atoms with Gasteiger partial charge in [0, 0.05) is 49.2 Å². The first-order valence-electron chi connectivity index (χ1n) is 9.49. The molecule has 2 N–H and O–H groups in total. The van der Waals surface area contributed by atoms with Crippen molar-refractivity contribution in [1.82, 2.24) is 9.97 Å². The Labute approximate surface area is 163 Å². The predicted molar refractivity (Wildman–Crippen MR) is 111 cm³/mol. The van der Waals surface area contributed by atoms with E-state index in [9.17, 15) is 4.79 Å². The molecule has 3 aromatic heterocycles. The van der Waals surface area contributed by atoms with Gasteiger partial charge in [0.1, 0.15) is 5.69 Å². The van der Waals surface area contributed by atoms with Crippen molar-refractivity contribution in [3.63, 3.8) is 0 Å². The summed E-state index contributed by atoms with van der Waals surface area (Å²) in [4.78, 5) is 24.1. The zero-order valence-corrected chi connectivity index (χ0v) is 16.3. The van der Waals surface area contributed by atoms with Gasteiger partial charge in [0.2, 0.25) is 0 Å². The summed E-state index contributed by atoms with van der Waals surface area (Å²) < 4.78 is 1.13. The summed E-state index contributed by atoms with van der Waals surface area (Å²) in [5.41, 5.74) is 10.8. The molecule has 4 rings (SSSR count). The van der Waals surface area contributed by atoms with Gasteiger partial charge >= 0.3 is 0 Å². The molecule has 1 aliphatic rings. The Morgan fingerprint density at radius 2 is 2.22 bits per heavy atom. The minimum Gasteiger partial charge on any atom is -0.370 e. The highest BCUT2D eigenvalue weighted by atomic mass is 32.1. The number of hydrogen-bond acceptors (Lipinski definition) is 6. The first-order valence-corrected chi connectivity index (χ1v) is 10.4. The number of piperidine rings is 1. The molecule has 1 atom stereocenters. The highest BCUT2D eigenvalue weighted by Crippen LogP contribution is 2.27. The van der Waals surface area contributed by atoms with Crippen LogP contribution in [0.5, 0.6) is 0 Å². The standard InChI is InChI=1S/C21H24N4OS/c1-2-14-13-27-20-6-5-17(24-21(14)20)19(26)10-15-11-23-8-7-18(15)25-9-3-4-16(22)12-25/h5-8,11,13,16H,2-4,9-10,12,22H2,1H3/t16-/m0/s1. The lowest BCUT2D eigenvalue weighted by molar-refractivity contribution is 0.0988. The molecule has 0 saturated carbocycles. The number of Topliss-reactive ketones (excluding diaryl/α,β-unsaturated/α-hetero) is 1. The molecular formula is C21H24N4OS. The number of aromatic nitrogens is 2. The molecule has 1 saturated heterocycles. The summed E-state index contributed by atoms with van der Waals surface area (Å²) in [7, 11) is 0. The van der Waals surface area contributed by atoms with Crippen molar-refractivity contribution >= 4 is 33.0 Å². The minimum atomic E-state index is 0.0284. The van der Waals surface area contributed by atoms with Crippen LogP contribution >= 0.6 is 11.3 Å². The number of anilines is 1. The van der Waals surface area contributed by atoms with Gasteiger partial charge in [0.25, 0.3) is 0 Å². The zero-order valence-electron chi connectivity index (χ0n) is 15.5. The first-order chi connectivity index (χ1) is 13.2. The van der Waals surface area contributed by atoms with E-state index in [4.69, 9.17) is 5.73 Å². The van der Waals surface area contributed by atoms with E-state index in [1.165, 1.54) is 5.56 Å². The van der Waals surface area contributed by atoms with Crippen LogP contribution in [0.2, 0.25) is 0 Å². The van der Waals surface area contributed by atoms with E-state index in [-0.39, 0.29) is 11.8 Å². The number of nitrogens with two attached hydrogens (primary N) is 1. The van der Waals surface area contributed by atoms with Crippen LogP contribution in [0.4, 0.5) is 5.69 Å². The molecule has 0 bridgehead atoms. The summed E-state index contributed by atoms with van der Waals surface area (Å²) in [6, 6.07) is 6.03. The summed E-state index contributed by atoms with van der Waals surface area (Å²) in [6.45, 7) is 3.91. The number of thiophene rings is 1. The zero-order chi connectivity index (χ0) is 18.8. The average Bonchev–Trinajstić information content (AvgIpc) is 3.10. The third kappa shape index (κ3) is 3.73. The number of hydrogen-bond donors (Lipinski definition) is 1. The molecule has 140 valence electrons. The molecule has 5 nitrogen and oxygen atoms in total. The van der Waals surface area contributed by atoms with Crippen LogP contribution in [0.15, 0.2) is 36.0 Å². The summed E-state index contributed by atoms with van der Waals surface area (Å²) >= 11 is 1.68. The Morgan fingerprint density at radius 1 is 1.33 bits per heavy atom. The van der Waals surface area contributed by atoms with Crippen molar-refractivity contribution in [3.8, 4) is 0 Å². The van der Waals surface area contributed by atoms with Crippen LogP contribution in [-0.4, -0.2) is 34.9 Å². The molecule has 0 unspecified atom stereocenters. The number of pyridine rings is 2. The Bertz CT molecular complexity index is 968. The van der Waals surface area contributed by atoms with E-state index in [0.29, 0.717) is 12.1 Å². The van der Waals surface area contributed by atoms with E-state index in [2.05, 4.69) is 27.2 Å². The topological polar surface area (TPSA) is 72.1 Å². The lowest BCUT2D eigenvalue weighted by Gasteiger charge is -2.33. The maximum atomic E-state index is 12.9. The average molecular weight is 381 g/mol. The van der Waals surface area contributed by atoms with Crippen molar-refractivity contribution in [2.24, 2.45) is 5.73 Å². The molecule has 3 aromatic rings. The smallest absolute Gasteiger partial charge is 0.185 e. The van der Waals surface area contributed by atoms with Gasteiger partial charge in [0.05, 0.1) is 10.2 Å². The van der Waals surface area contributed by atoms with Gasteiger partial charge < -0.3 is 10.6 Å². The second-order valence-corrected chi connectivity index (χ2v) is 8.02. The largest absolute Gasteiger partial charge is 0.370 e. The highest BCUT2D eigenvalue weighted by Gasteiger charge is 2.21. The summed E-state index contributed by atoms with van der Waals surface area (Å²) in [5, 5.41) is 2.13. The fourth-order valence-electron chi connectivity index (χ4n) is 3.72. The fraction of sp³-hybridized carbons (Fsp3) is 0.381. The van der Waals surface area contributed by atoms with Gasteiger partial charge in [-0.3, -0.25) is 9.78 Å². The minimum absolute atomic E-state index is 0.0284. The van der Waals surface area contributed by atoms with E-state index in [1.807, 2.05) is 18.2 Å². The Hall–Kier alpha value is -2.31. The number of carbonyl (C=O) groups is 1. The number of ketones is 1. The monoisotopic (exact) mass is 380 g/mol.